The number of nitrogens with zero attached hydrogens (tertiary/aromatic N) is 2. The Morgan fingerprint density at radius 1 is 1.24 bits per heavy atom. The lowest BCUT2D eigenvalue weighted by molar-refractivity contribution is 0.503. The summed E-state index contributed by atoms with van der Waals surface area (Å²) in [5, 5.41) is -0.354. The Morgan fingerprint density at radius 3 is 2.41 bits per heavy atom. The van der Waals surface area contributed by atoms with Crippen LogP contribution in [0.15, 0.2) is 12.1 Å². The molecule has 1 atom stereocenters. The molecule has 0 aliphatic carbocycles. The second-order valence-electron chi connectivity index (χ2n) is 4.28. The van der Waals surface area contributed by atoms with Crippen LogP contribution in [0.2, 0.25) is 0 Å². The Morgan fingerprint density at radius 2 is 1.88 bits per heavy atom. The van der Waals surface area contributed by atoms with Gasteiger partial charge in [0, 0.05) is 6.04 Å². The standard InChI is InChI=1S/C12H13ClF2N2/c1-6(2)17-11-9(16-12(17)7(3)13)5-4-8(14)10(11)15/h4-7H,1-3H3. The van der Waals surface area contributed by atoms with Gasteiger partial charge in [-0.3, -0.25) is 0 Å². The molecule has 2 aromatic rings. The van der Waals surface area contributed by atoms with Crippen molar-refractivity contribution in [2.24, 2.45) is 0 Å². The molecular formula is C12H13ClF2N2. The first kappa shape index (κ1) is 12.3. The molecule has 0 fully saturated rings. The lowest BCUT2D eigenvalue weighted by atomic mass is 10.2. The number of hydrogen-bond acceptors (Lipinski definition) is 1. The smallest absolute Gasteiger partial charge is 0.184 e. The van der Waals surface area contributed by atoms with Crippen molar-refractivity contribution in [1.29, 1.82) is 0 Å². The number of imidazole rings is 1. The largest absolute Gasteiger partial charge is 0.322 e. The minimum absolute atomic E-state index is 0.0347. The van der Waals surface area contributed by atoms with Crippen molar-refractivity contribution in [3.8, 4) is 0 Å². The van der Waals surface area contributed by atoms with Gasteiger partial charge < -0.3 is 4.57 Å². The highest BCUT2D eigenvalue weighted by molar-refractivity contribution is 6.20. The molecule has 2 nitrogen and oxygen atoms in total. The van der Waals surface area contributed by atoms with E-state index in [1.807, 2.05) is 13.8 Å². The van der Waals surface area contributed by atoms with Crippen LogP contribution >= 0.6 is 11.6 Å². The molecule has 0 spiro atoms. The molecule has 1 unspecified atom stereocenters. The van der Waals surface area contributed by atoms with Crippen molar-refractivity contribution in [2.45, 2.75) is 32.2 Å². The first-order valence-corrected chi connectivity index (χ1v) is 5.87. The minimum Gasteiger partial charge on any atom is -0.322 e. The summed E-state index contributed by atoms with van der Waals surface area (Å²) in [6, 6.07) is 2.51. The van der Waals surface area contributed by atoms with Crippen LogP contribution in [-0.2, 0) is 0 Å². The summed E-state index contributed by atoms with van der Waals surface area (Å²) < 4.78 is 28.7. The molecule has 5 heteroatoms. The van der Waals surface area contributed by atoms with E-state index >= 15 is 0 Å². The van der Waals surface area contributed by atoms with Gasteiger partial charge in [0.05, 0.1) is 10.9 Å². The van der Waals surface area contributed by atoms with Gasteiger partial charge in [0.15, 0.2) is 11.6 Å². The molecule has 0 amide bonds. The van der Waals surface area contributed by atoms with Crippen LogP contribution in [0.5, 0.6) is 0 Å². The lowest BCUT2D eigenvalue weighted by Gasteiger charge is -2.14. The van der Waals surface area contributed by atoms with Crippen LogP contribution in [0.1, 0.15) is 38.0 Å². The first-order valence-electron chi connectivity index (χ1n) is 5.43. The summed E-state index contributed by atoms with van der Waals surface area (Å²) in [4.78, 5) is 4.26. The summed E-state index contributed by atoms with van der Waals surface area (Å²) >= 11 is 6.02. The topological polar surface area (TPSA) is 17.8 Å². The minimum atomic E-state index is -0.868. The monoisotopic (exact) mass is 258 g/mol. The van der Waals surface area contributed by atoms with Crippen LogP contribution in [-0.4, -0.2) is 9.55 Å². The number of aromatic nitrogens is 2. The predicted octanol–water partition coefficient (Wildman–Crippen LogP) is 4.20. The average molecular weight is 259 g/mol. The quantitative estimate of drug-likeness (QED) is 0.739. The maximum absolute atomic E-state index is 13.8. The molecule has 1 aromatic carbocycles. The molecule has 92 valence electrons. The van der Waals surface area contributed by atoms with Gasteiger partial charge in [-0.2, -0.15) is 0 Å². The molecule has 2 rings (SSSR count). The molecule has 0 aliphatic heterocycles. The summed E-state index contributed by atoms with van der Waals surface area (Å²) in [6.45, 7) is 5.53. The molecular weight excluding hydrogens is 246 g/mol. The van der Waals surface area contributed by atoms with E-state index in [4.69, 9.17) is 11.6 Å². The molecule has 0 aliphatic rings. The zero-order chi connectivity index (χ0) is 12.7. The molecule has 1 aromatic heterocycles. The van der Waals surface area contributed by atoms with E-state index in [1.54, 1.807) is 11.5 Å². The van der Waals surface area contributed by atoms with Gasteiger partial charge in [0.1, 0.15) is 11.3 Å². The summed E-state index contributed by atoms with van der Waals surface area (Å²) in [6.07, 6.45) is 0. The Hall–Kier alpha value is -1.16. The Balaban J connectivity index is 2.87. The maximum Gasteiger partial charge on any atom is 0.184 e. The Kier molecular flexibility index (Phi) is 3.08. The van der Waals surface area contributed by atoms with Gasteiger partial charge >= 0.3 is 0 Å². The number of benzene rings is 1. The second kappa shape index (κ2) is 4.26. The van der Waals surface area contributed by atoms with E-state index in [9.17, 15) is 8.78 Å². The van der Waals surface area contributed by atoms with E-state index in [0.29, 0.717) is 11.3 Å². The number of rotatable bonds is 2. The number of halogens is 3. The number of hydrogen-bond donors (Lipinski definition) is 0. The third kappa shape index (κ3) is 1.90. The van der Waals surface area contributed by atoms with E-state index in [-0.39, 0.29) is 16.9 Å². The lowest BCUT2D eigenvalue weighted by Crippen LogP contribution is -2.08. The summed E-state index contributed by atoms with van der Waals surface area (Å²) in [5.74, 6) is -1.18. The molecule has 0 radical (unpaired) electrons. The van der Waals surface area contributed by atoms with Gasteiger partial charge in [-0.05, 0) is 32.9 Å². The van der Waals surface area contributed by atoms with Gasteiger partial charge in [-0.15, -0.1) is 11.6 Å². The van der Waals surface area contributed by atoms with E-state index in [1.165, 1.54) is 6.07 Å². The first-order chi connectivity index (χ1) is 7.93. The SMILES string of the molecule is CC(Cl)c1nc2ccc(F)c(F)c2n1C(C)C. The predicted molar refractivity (Wildman–Crippen MR) is 64.3 cm³/mol. The van der Waals surface area contributed by atoms with Crippen molar-refractivity contribution >= 4 is 22.6 Å². The van der Waals surface area contributed by atoms with Crippen LogP contribution in [0.4, 0.5) is 8.78 Å². The fraction of sp³-hybridized carbons (Fsp3) is 0.417. The zero-order valence-electron chi connectivity index (χ0n) is 9.84. The Bertz CT molecular complexity index is 561. The van der Waals surface area contributed by atoms with E-state index in [0.717, 1.165) is 6.07 Å². The molecule has 17 heavy (non-hydrogen) atoms. The fourth-order valence-corrected chi connectivity index (χ4v) is 2.10. The van der Waals surface area contributed by atoms with E-state index in [2.05, 4.69) is 4.98 Å². The molecule has 0 N–H and O–H groups in total. The highest BCUT2D eigenvalue weighted by Crippen LogP contribution is 2.30. The number of alkyl halides is 1. The average Bonchev–Trinajstić information content (AvgIpc) is 2.63. The van der Waals surface area contributed by atoms with Crippen LogP contribution in [0.3, 0.4) is 0 Å². The normalized spacial score (nSPS) is 13.6. The van der Waals surface area contributed by atoms with Crippen molar-refractivity contribution in [1.82, 2.24) is 9.55 Å². The molecule has 0 saturated heterocycles. The molecule has 0 bridgehead atoms. The summed E-state index contributed by atoms with van der Waals surface area (Å²) in [5.41, 5.74) is 0.614. The van der Waals surface area contributed by atoms with Crippen molar-refractivity contribution in [2.75, 3.05) is 0 Å². The van der Waals surface area contributed by atoms with E-state index < -0.39 is 11.6 Å². The Labute approximate surface area is 103 Å². The highest BCUT2D eigenvalue weighted by atomic mass is 35.5. The van der Waals surface area contributed by atoms with Gasteiger partial charge in [-0.25, -0.2) is 13.8 Å². The second-order valence-corrected chi connectivity index (χ2v) is 4.93. The van der Waals surface area contributed by atoms with Gasteiger partial charge in [-0.1, -0.05) is 0 Å². The maximum atomic E-state index is 13.8. The molecule has 1 heterocycles. The van der Waals surface area contributed by atoms with Gasteiger partial charge in [0.25, 0.3) is 0 Å². The van der Waals surface area contributed by atoms with Crippen LogP contribution < -0.4 is 0 Å². The fourth-order valence-electron chi connectivity index (χ4n) is 1.94. The summed E-state index contributed by atoms with van der Waals surface area (Å²) in [7, 11) is 0. The van der Waals surface area contributed by atoms with Crippen LogP contribution in [0, 0.1) is 11.6 Å². The number of fused-ring (bicyclic) bond motifs is 1. The highest BCUT2D eigenvalue weighted by Gasteiger charge is 2.21. The zero-order valence-corrected chi connectivity index (χ0v) is 10.6. The van der Waals surface area contributed by atoms with Crippen LogP contribution in [0.25, 0.3) is 11.0 Å². The van der Waals surface area contributed by atoms with Gasteiger partial charge in [0.2, 0.25) is 0 Å². The van der Waals surface area contributed by atoms with Crippen molar-refractivity contribution < 1.29 is 8.78 Å². The van der Waals surface area contributed by atoms with Crippen molar-refractivity contribution in [3.05, 3.63) is 29.6 Å². The third-order valence-corrected chi connectivity index (χ3v) is 2.84. The van der Waals surface area contributed by atoms with Crippen molar-refractivity contribution in [3.63, 3.8) is 0 Å². The third-order valence-electron chi connectivity index (χ3n) is 2.64. The molecule has 0 saturated carbocycles.